The number of aliphatic hydroxyl groups excluding tert-OH is 1. The van der Waals surface area contributed by atoms with Gasteiger partial charge in [0.05, 0.1) is 6.10 Å². The van der Waals surface area contributed by atoms with E-state index in [1.807, 2.05) is 42.5 Å². The lowest BCUT2D eigenvalue weighted by Gasteiger charge is -2.13. The molecule has 0 aromatic heterocycles. The van der Waals surface area contributed by atoms with E-state index >= 15 is 0 Å². The smallest absolute Gasteiger partial charge is 0.0845 e. The van der Waals surface area contributed by atoms with Crippen molar-refractivity contribution >= 4 is 23.2 Å². The molecule has 3 heteroatoms. The lowest BCUT2D eigenvalue weighted by atomic mass is 10.0. The van der Waals surface area contributed by atoms with Crippen LogP contribution in [-0.4, -0.2) is 5.11 Å². The van der Waals surface area contributed by atoms with E-state index in [-0.39, 0.29) is 0 Å². The van der Waals surface area contributed by atoms with Crippen molar-refractivity contribution in [1.29, 1.82) is 0 Å². The highest BCUT2D eigenvalue weighted by Gasteiger charge is 2.13. The average Bonchev–Trinajstić information content (AvgIpc) is 2.32. The van der Waals surface area contributed by atoms with Crippen molar-refractivity contribution in [3.8, 4) is 0 Å². The van der Waals surface area contributed by atoms with E-state index in [1.165, 1.54) is 0 Å². The van der Waals surface area contributed by atoms with Gasteiger partial charge in [-0.2, -0.15) is 0 Å². The first kappa shape index (κ1) is 12.4. The van der Waals surface area contributed by atoms with Crippen LogP contribution in [0.5, 0.6) is 0 Å². The molecule has 0 fully saturated rings. The van der Waals surface area contributed by atoms with Crippen LogP contribution in [0.1, 0.15) is 17.2 Å². The van der Waals surface area contributed by atoms with Crippen LogP contribution in [-0.2, 0) is 6.42 Å². The molecule has 0 heterocycles. The monoisotopic (exact) mass is 266 g/mol. The second-order valence-electron chi connectivity index (χ2n) is 3.83. The highest BCUT2D eigenvalue weighted by atomic mass is 35.5. The maximum Gasteiger partial charge on any atom is 0.0845 e. The zero-order valence-corrected chi connectivity index (χ0v) is 10.6. The van der Waals surface area contributed by atoms with Gasteiger partial charge in [0.25, 0.3) is 0 Å². The summed E-state index contributed by atoms with van der Waals surface area (Å²) in [5, 5.41) is 11.4. The topological polar surface area (TPSA) is 20.2 Å². The summed E-state index contributed by atoms with van der Waals surface area (Å²) in [6.07, 6.45) is -0.174. The van der Waals surface area contributed by atoms with Crippen LogP contribution in [0.15, 0.2) is 48.5 Å². The van der Waals surface area contributed by atoms with Crippen LogP contribution in [0.25, 0.3) is 0 Å². The van der Waals surface area contributed by atoms with E-state index < -0.39 is 6.10 Å². The average molecular weight is 267 g/mol. The van der Waals surface area contributed by atoms with Crippen LogP contribution >= 0.6 is 23.2 Å². The van der Waals surface area contributed by atoms with Crippen LogP contribution < -0.4 is 0 Å². The van der Waals surface area contributed by atoms with Crippen LogP contribution in [0.3, 0.4) is 0 Å². The van der Waals surface area contributed by atoms with Gasteiger partial charge in [-0.05, 0) is 23.3 Å². The number of rotatable bonds is 3. The predicted octanol–water partition coefficient (Wildman–Crippen LogP) is 4.27. The summed E-state index contributed by atoms with van der Waals surface area (Å²) in [5.41, 5.74) is 1.65. The summed E-state index contributed by atoms with van der Waals surface area (Å²) in [5.74, 6) is 0. The second-order valence-corrected chi connectivity index (χ2v) is 4.65. The van der Waals surface area contributed by atoms with Crippen LogP contribution in [0, 0.1) is 0 Å². The molecule has 0 aliphatic heterocycles. The Morgan fingerprint density at radius 1 is 0.882 bits per heavy atom. The third-order valence-electron chi connectivity index (χ3n) is 2.64. The first-order chi connectivity index (χ1) is 8.18. The summed E-state index contributed by atoms with van der Waals surface area (Å²) in [7, 11) is 0. The third-order valence-corrected chi connectivity index (χ3v) is 3.35. The number of hydrogen-bond donors (Lipinski definition) is 1. The maximum absolute atomic E-state index is 10.1. The van der Waals surface area contributed by atoms with Gasteiger partial charge in [-0.25, -0.2) is 0 Å². The van der Waals surface area contributed by atoms with Gasteiger partial charge in [0, 0.05) is 16.5 Å². The Morgan fingerprint density at radius 3 is 2.12 bits per heavy atom. The van der Waals surface area contributed by atoms with Crippen molar-refractivity contribution in [2.45, 2.75) is 12.5 Å². The van der Waals surface area contributed by atoms with E-state index in [0.717, 1.165) is 11.1 Å². The van der Waals surface area contributed by atoms with Gasteiger partial charge in [0.2, 0.25) is 0 Å². The van der Waals surface area contributed by atoms with Crippen molar-refractivity contribution in [2.75, 3.05) is 0 Å². The Kier molecular flexibility index (Phi) is 4.06. The van der Waals surface area contributed by atoms with Gasteiger partial charge in [-0.15, -0.1) is 0 Å². The Labute approximate surface area is 111 Å². The van der Waals surface area contributed by atoms with Gasteiger partial charge in [0.15, 0.2) is 0 Å². The minimum absolute atomic E-state index is 0.462. The number of aliphatic hydroxyl groups is 1. The summed E-state index contributed by atoms with van der Waals surface area (Å²) in [6, 6.07) is 14.8. The SMILES string of the molecule is OC(Cc1ccccc1Cl)c1ccccc1Cl. The lowest BCUT2D eigenvalue weighted by Crippen LogP contribution is -2.02. The van der Waals surface area contributed by atoms with E-state index in [2.05, 4.69) is 0 Å². The molecule has 1 atom stereocenters. The number of hydrogen-bond acceptors (Lipinski definition) is 1. The Hall–Kier alpha value is -1.02. The summed E-state index contributed by atoms with van der Waals surface area (Å²) in [6.45, 7) is 0. The summed E-state index contributed by atoms with van der Waals surface area (Å²) >= 11 is 12.1. The quantitative estimate of drug-likeness (QED) is 0.880. The third kappa shape index (κ3) is 3.01. The highest BCUT2D eigenvalue weighted by molar-refractivity contribution is 6.31. The molecule has 88 valence electrons. The number of halogens is 2. The zero-order chi connectivity index (χ0) is 12.3. The molecule has 0 saturated heterocycles. The molecular weight excluding hydrogens is 255 g/mol. The van der Waals surface area contributed by atoms with Gasteiger partial charge in [0.1, 0.15) is 0 Å². The molecule has 1 nitrogen and oxygen atoms in total. The first-order valence-corrected chi connectivity index (χ1v) is 6.10. The van der Waals surface area contributed by atoms with Gasteiger partial charge < -0.3 is 5.11 Å². The van der Waals surface area contributed by atoms with E-state index in [0.29, 0.717) is 16.5 Å². The fraction of sp³-hybridized carbons (Fsp3) is 0.143. The van der Waals surface area contributed by atoms with Gasteiger partial charge in [-0.1, -0.05) is 59.6 Å². The molecule has 0 bridgehead atoms. The molecule has 0 amide bonds. The largest absolute Gasteiger partial charge is 0.388 e. The van der Waals surface area contributed by atoms with Crippen LogP contribution in [0.2, 0.25) is 10.0 Å². The highest BCUT2D eigenvalue weighted by Crippen LogP contribution is 2.27. The van der Waals surface area contributed by atoms with Crippen molar-refractivity contribution < 1.29 is 5.11 Å². The molecule has 0 aliphatic rings. The summed E-state index contributed by atoms with van der Waals surface area (Å²) < 4.78 is 0. The molecule has 17 heavy (non-hydrogen) atoms. The maximum atomic E-state index is 10.1. The fourth-order valence-electron chi connectivity index (χ4n) is 1.73. The van der Waals surface area contributed by atoms with E-state index in [1.54, 1.807) is 6.07 Å². The van der Waals surface area contributed by atoms with Crippen molar-refractivity contribution in [3.63, 3.8) is 0 Å². The van der Waals surface area contributed by atoms with Crippen molar-refractivity contribution in [1.82, 2.24) is 0 Å². The normalized spacial score (nSPS) is 12.4. The molecule has 1 N–H and O–H groups in total. The lowest BCUT2D eigenvalue weighted by molar-refractivity contribution is 0.178. The Balaban J connectivity index is 2.20. The Bertz CT molecular complexity index is 511. The molecule has 0 spiro atoms. The molecule has 2 aromatic rings. The second kappa shape index (κ2) is 5.54. The number of benzene rings is 2. The fourth-order valence-corrected chi connectivity index (χ4v) is 2.20. The Morgan fingerprint density at radius 2 is 1.47 bits per heavy atom. The molecule has 2 aromatic carbocycles. The van der Waals surface area contributed by atoms with Crippen molar-refractivity contribution in [3.05, 3.63) is 69.7 Å². The zero-order valence-electron chi connectivity index (χ0n) is 9.11. The predicted molar refractivity (Wildman–Crippen MR) is 71.6 cm³/mol. The van der Waals surface area contributed by atoms with E-state index in [9.17, 15) is 5.11 Å². The van der Waals surface area contributed by atoms with Crippen LogP contribution in [0.4, 0.5) is 0 Å². The minimum atomic E-state index is -0.636. The van der Waals surface area contributed by atoms with E-state index in [4.69, 9.17) is 23.2 Å². The molecule has 1 unspecified atom stereocenters. The molecule has 2 rings (SSSR count). The molecular formula is C14H12Cl2O. The van der Waals surface area contributed by atoms with Gasteiger partial charge in [-0.3, -0.25) is 0 Å². The standard InChI is InChI=1S/C14H12Cl2O/c15-12-7-3-1-5-10(12)9-14(17)11-6-2-4-8-13(11)16/h1-8,14,17H,9H2. The minimum Gasteiger partial charge on any atom is -0.388 e. The van der Waals surface area contributed by atoms with Crippen molar-refractivity contribution in [2.24, 2.45) is 0 Å². The molecule has 0 saturated carbocycles. The molecule has 0 radical (unpaired) electrons. The first-order valence-electron chi connectivity index (χ1n) is 5.34. The molecule has 0 aliphatic carbocycles. The summed E-state index contributed by atoms with van der Waals surface area (Å²) in [4.78, 5) is 0. The van der Waals surface area contributed by atoms with Gasteiger partial charge >= 0.3 is 0 Å².